The van der Waals surface area contributed by atoms with Crippen molar-refractivity contribution in [2.24, 2.45) is 0 Å². The van der Waals surface area contributed by atoms with Crippen LogP contribution in [0.25, 0.3) is 0 Å². The topological polar surface area (TPSA) is 66.8 Å². The van der Waals surface area contributed by atoms with Crippen molar-refractivity contribution < 1.29 is 19.4 Å². The van der Waals surface area contributed by atoms with Crippen LogP contribution in [0.15, 0.2) is 48.5 Å². The molecule has 1 heterocycles. The Labute approximate surface area is 153 Å². The Kier molecular flexibility index (Phi) is 5.38. The summed E-state index contributed by atoms with van der Waals surface area (Å²) in [6.45, 7) is 5.21. The van der Waals surface area contributed by atoms with Gasteiger partial charge in [0, 0.05) is 18.7 Å². The Morgan fingerprint density at radius 1 is 1.23 bits per heavy atom. The zero-order valence-electron chi connectivity index (χ0n) is 15.0. The molecule has 1 unspecified atom stereocenters. The van der Waals surface area contributed by atoms with Crippen molar-refractivity contribution in [3.63, 3.8) is 0 Å². The number of rotatable bonds is 6. The molecule has 0 aliphatic carbocycles. The van der Waals surface area contributed by atoms with Gasteiger partial charge in [-0.15, -0.1) is 0 Å². The Morgan fingerprint density at radius 2 is 1.96 bits per heavy atom. The number of amides is 1. The molecule has 1 aliphatic heterocycles. The van der Waals surface area contributed by atoms with Crippen molar-refractivity contribution in [1.82, 2.24) is 0 Å². The lowest BCUT2D eigenvalue weighted by Gasteiger charge is -2.17. The van der Waals surface area contributed by atoms with Gasteiger partial charge in [-0.2, -0.15) is 0 Å². The molecule has 0 spiro atoms. The smallest absolute Gasteiger partial charge is 0.335 e. The largest absolute Gasteiger partial charge is 0.478 e. The molecule has 5 heteroatoms. The molecule has 0 radical (unpaired) electrons. The maximum absolute atomic E-state index is 12.6. The van der Waals surface area contributed by atoms with Crippen LogP contribution in [0.4, 0.5) is 5.69 Å². The first-order chi connectivity index (χ1) is 12.5. The molecule has 0 bridgehead atoms. The van der Waals surface area contributed by atoms with Crippen LogP contribution in [0.5, 0.6) is 0 Å². The SMILES string of the molecule is CC(C)c1ccc(COC2CCN(c3cccc(C(=O)O)c3)C2=O)cc1. The molecule has 136 valence electrons. The molecule has 2 aromatic carbocycles. The Balaban J connectivity index is 1.62. The van der Waals surface area contributed by atoms with E-state index >= 15 is 0 Å². The van der Waals surface area contributed by atoms with E-state index in [0.29, 0.717) is 31.2 Å². The van der Waals surface area contributed by atoms with Gasteiger partial charge in [-0.25, -0.2) is 4.79 Å². The quantitative estimate of drug-likeness (QED) is 0.857. The highest BCUT2D eigenvalue weighted by atomic mass is 16.5. The first kappa shape index (κ1) is 18.1. The summed E-state index contributed by atoms with van der Waals surface area (Å²) in [5.41, 5.74) is 3.08. The molecular formula is C21H23NO4. The van der Waals surface area contributed by atoms with E-state index in [2.05, 4.69) is 26.0 Å². The maximum atomic E-state index is 12.6. The summed E-state index contributed by atoms with van der Waals surface area (Å²) in [6.07, 6.45) is 0.105. The molecule has 3 rings (SSSR count). The molecule has 0 aromatic heterocycles. The molecular weight excluding hydrogens is 330 g/mol. The van der Waals surface area contributed by atoms with Crippen LogP contribution in [0.2, 0.25) is 0 Å². The molecule has 1 amide bonds. The fraction of sp³-hybridized carbons (Fsp3) is 0.333. The fourth-order valence-electron chi connectivity index (χ4n) is 3.07. The number of benzene rings is 2. The van der Waals surface area contributed by atoms with Crippen LogP contribution >= 0.6 is 0 Å². The second kappa shape index (κ2) is 7.70. The van der Waals surface area contributed by atoms with Crippen molar-refractivity contribution in [3.8, 4) is 0 Å². The standard InChI is InChI=1S/C21H23NO4/c1-14(2)16-8-6-15(7-9-16)13-26-19-10-11-22(20(19)23)18-5-3-4-17(12-18)21(24)25/h3-9,12,14,19H,10-11,13H2,1-2H3,(H,24,25). The minimum atomic E-state index is -1.00. The maximum Gasteiger partial charge on any atom is 0.335 e. The summed E-state index contributed by atoms with van der Waals surface area (Å²) in [4.78, 5) is 25.3. The van der Waals surface area contributed by atoms with Gasteiger partial charge in [0.05, 0.1) is 12.2 Å². The number of carbonyl (C=O) groups excluding carboxylic acids is 1. The van der Waals surface area contributed by atoms with Crippen LogP contribution < -0.4 is 4.90 Å². The minimum absolute atomic E-state index is 0.119. The van der Waals surface area contributed by atoms with Crippen LogP contribution in [-0.4, -0.2) is 29.6 Å². The molecule has 1 fully saturated rings. The van der Waals surface area contributed by atoms with Gasteiger partial charge in [-0.3, -0.25) is 4.79 Å². The van der Waals surface area contributed by atoms with Gasteiger partial charge in [0.2, 0.25) is 0 Å². The van der Waals surface area contributed by atoms with E-state index < -0.39 is 12.1 Å². The molecule has 1 atom stereocenters. The van der Waals surface area contributed by atoms with Crippen molar-refractivity contribution in [2.45, 2.75) is 38.9 Å². The summed E-state index contributed by atoms with van der Waals surface area (Å²) in [5, 5.41) is 9.11. The van der Waals surface area contributed by atoms with Crippen LogP contribution in [0.1, 0.15) is 47.7 Å². The molecule has 26 heavy (non-hydrogen) atoms. The summed E-state index contributed by atoms with van der Waals surface area (Å²) >= 11 is 0. The number of ether oxygens (including phenoxy) is 1. The highest BCUT2D eigenvalue weighted by molar-refractivity contribution is 6.00. The van der Waals surface area contributed by atoms with E-state index in [-0.39, 0.29) is 11.5 Å². The highest BCUT2D eigenvalue weighted by Gasteiger charge is 2.33. The summed E-state index contributed by atoms with van der Waals surface area (Å²) in [5.74, 6) is -0.640. The summed E-state index contributed by atoms with van der Waals surface area (Å²) in [6, 6.07) is 14.7. The van der Waals surface area contributed by atoms with E-state index in [9.17, 15) is 9.59 Å². The molecule has 2 aromatic rings. The minimum Gasteiger partial charge on any atom is -0.478 e. The zero-order chi connectivity index (χ0) is 18.7. The van der Waals surface area contributed by atoms with Gasteiger partial charge in [-0.05, 0) is 35.2 Å². The van der Waals surface area contributed by atoms with Gasteiger partial charge in [0.1, 0.15) is 6.10 Å². The number of hydrogen-bond donors (Lipinski definition) is 1. The zero-order valence-corrected chi connectivity index (χ0v) is 15.0. The summed E-state index contributed by atoms with van der Waals surface area (Å²) in [7, 11) is 0. The van der Waals surface area contributed by atoms with E-state index in [1.807, 2.05) is 12.1 Å². The third kappa shape index (κ3) is 3.94. The second-order valence-electron chi connectivity index (χ2n) is 6.83. The number of hydrogen-bond acceptors (Lipinski definition) is 3. The molecule has 5 nitrogen and oxygen atoms in total. The third-order valence-corrected chi connectivity index (χ3v) is 4.66. The Bertz CT molecular complexity index is 798. The number of aromatic carboxylic acids is 1. The van der Waals surface area contributed by atoms with Gasteiger partial charge >= 0.3 is 5.97 Å². The first-order valence-electron chi connectivity index (χ1n) is 8.81. The van der Waals surface area contributed by atoms with Crippen LogP contribution in [-0.2, 0) is 16.1 Å². The average molecular weight is 353 g/mol. The Hall–Kier alpha value is -2.66. The predicted octanol–water partition coefficient (Wildman–Crippen LogP) is 3.83. The number of nitrogens with zero attached hydrogens (tertiary/aromatic N) is 1. The van der Waals surface area contributed by atoms with Crippen LogP contribution in [0.3, 0.4) is 0 Å². The van der Waals surface area contributed by atoms with E-state index in [4.69, 9.17) is 9.84 Å². The molecule has 0 saturated carbocycles. The Morgan fingerprint density at radius 3 is 2.62 bits per heavy atom. The molecule has 1 N–H and O–H groups in total. The van der Waals surface area contributed by atoms with Crippen molar-refractivity contribution in [3.05, 3.63) is 65.2 Å². The van der Waals surface area contributed by atoms with Crippen molar-refractivity contribution in [1.29, 1.82) is 0 Å². The number of carbonyl (C=O) groups is 2. The van der Waals surface area contributed by atoms with Crippen molar-refractivity contribution in [2.75, 3.05) is 11.4 Å². The lowest BCUT2D eigenvalue weighted by atomic mass is 10.0. The third-order valence-electron chi connectivity index (χ3n) is 4.66. The van der Waals surface area contributed by atoms with Gasteiger partial charge in [-0.1, -0.05) is 44.2 Å². The predicted molar refractivity (Wildman–Crippen MR) is 99.5 cm³/mol. The average Bonchev–Trinajstić information content (AvgIpc) is 3.01. The van der Waals surface area contributed by atoms with Crippen molar-refractivity contribution >= 4 is 17.6 Å². The molecule has 1 saturated heterocycles. The van der Waals surface area contributed by atoms with E-state index in [0.717, 1.165) is 5.56 Å². The van der Waals surface area contributed by atoms with Crippen LogP contribution in [0, 0.1) is 0 Å². The first-order valence-corrected chi connectivity index (χ1v) is 8.81. The van der Waals surface area contributed by atoms with E-state index in [1.54, 1.807) is 17.0 Å². The van der Waals surface area contributed by atoms with Gasteiger partial charge < -0.3 is 14.7 Å². The van der Waals surface area contributed by atoms with E-state index in [1.165, 1.54) is 17.7 Å². The number of carboxylic acid groups (broad SMARTS) is 1. The van der Waals surface area contributed by atoms with Gasteiger partial charge in [0.15, 0.2) is 0 Å². The highest BCUT2D eigenvalue weighted by Crippen LogP contribution is 2.25. The molecule has 1 aliphatic rings. The summed E-state index contributed by atoms with van der Waals surface area (Å²) < 4.78 is 5.82. The normalized spacial score (nSPS) is 17.1. The number of anilines is 1. The monoisotopic (exact) mass is 353 g/mol. The lowest BCUT2D eigenvalue weighted by Crippen LogP contribution is -2.30. The lowest BCUT2D eigenvalue weighted by molar-refractivity contribution is -0.127. The second-order valence-corrected chi connectivity index (χ2v) is 6.83. The fourth-order valence-corrected chi connectivity index (χ4v) is 3.07. The number of carboxylic acids is 1. The van der Waals surface area contributed by atoms with Gasteiger partial charge in [0.25, 0.3) is 5.91 Å².